The average molecular weight is 322 g/mol. The maximum absolute atomic E-state index is 3.55. The molecule has 3 rings (SSSR count). The first-order chi connectivity index (χ1) is 9.24. The molecule has 19 heavy (non-hydrogen) atoms. The Balaban J connectivity index is 1.77. The van der Waals surface area contributed by atoms with Gasteiger partial charge in [0, 0.05) is 61.3 Å². The van der Waals surface area contributed by atoms with Gasteiger partial charge in [0.2, 0.25) is 0 Å². The van der Waals surface area contributed by atoms with Crippen molar-refractivity contribution < 1.29 is 0 Å². The van der Waals surface area contributed by atoms with Gasteiger partial charge in [0.05, 0.1) is 0 Å². The Kier molecular flexibility index (Phi) is 3.91. The van der Waals surface area contributed by atoms with Crippen molar-refractivity contribution in [2.75, 3.05) is 32.7 Å². The van der Waals surface area contributed by atoms with Crippen LogP contribution in [0.1, 0.15) is 5.56 Å². The number of hydrogen-bond donors (Lipinski definition) is 1. The number of aromatic nitrogens is 1. The van der Waals surface area contributed by atoms with E-state index in [2.05, 4.69) is 62.2 Å². The Bertz CT molecular complexity index is 570. The van der Waals surface area contributed by atoms with Crippen molar-refractivity contribution in [1.29, 1.82) is 0 Å². The Morgan fingerprint density at radius 3 is 2.84 bits per heavy atom. The number of hydrogen-bond acceptors (Lipinski definition) is 2. The van der Waals surface area contributed by atoms with Gasteiger partial charge in [-0.05, 0) is 24.1 Å². The fraction of sp³-hybridized carbons (Fsp3) is 0.467. The summed E-state index contributed by atoms with van der Waals surface area (Å²) in [6.45, 7) is 5.77. The fourth-order valence-electron chi connectivity index (χ4n) is 2.85. The van der Waals surface area contributed by atoms with Crippen molar-refractivity contribution in [3.8, 4) is 0 Å². The molecule has 1 fully saturated rings. The summed E-state index contributed by atoms with van der Waals surface area (Å²) in [5, 5.41) is 4.79. The summed E-state index contributed by atoms with van der Waals surface area (Å²) >= 11 is 3.55. The zero-order valence-electron chi connectivity index (χ0n) is 11.3. The quantitative estimate of drug-likeness (QED) is 0.936. The number of aryl methyl sites for hydroxylation is 1. The lowest BCUT2D eigenvalue weighted by molar-refractivity contribution is 0.244. The largest absolute Gasteiger partial charge is 0.350 e. The van der Waals surface area contributed by atoms with Crippen LogP contribution in [-0.4, -0.2) is 42.2 Å². The minimum Gasteiger partial charge on any atom is -0.350 e. The van der Waals surface area contributed by atoms with Crippen LogP contribution < -0.4 is 5.32 Å². The second kappa shape index (κ2) is 5.65. The van der Waals surface area contributed by atoms with Crippen molar-refractivity contribution in [2.24, 2.45) is 7.05 Å². The van der Waals surface area contributed by atoms with Crippen LogP contribution in [0.15, 0.2) is 28.9 Å². The zero-order chi connectivity index (χ0) is 13.2. The SMILES string of the molecule is Cn1cc(CCN2CCNCC2)c2ccc(Br)cc21. The van der Waals surface area contributed by atoms with E-state index in [4.69, 9.17) is 0 Å². The van der Waals surface area contributed by atoms with E-state index >= 15 is 0 Å². The van der Waals surface area contributed by atoms with E-state index in [0.29, 0.717) is 0 Å². The smallest absolute Gasteiger partial charge is 0.0491 e. The molecule has 2 heterocycles. The van der Waals surface area contributed by atoms with E-state index in [1.165, 1.54) is 29.6 Å². The first-order valence-electron chi connectivity index (χ1n) is 6.90. The molecular formula is C15H20BrN3. The van der Waals surface area contributed by atoms with E-state index < -0.39 is 0 Å². The molecule has 1 aliphatic heterocycles. The molecule has 0 saturated carbocycles. The van der Waals surface area contributed by atoms with E-state index in [1.54, 1.807) is 0 Å². The lowest BCUT2D eigenvalue weighted by Gasteiger charge is -2.26. The van der Waals surface area contributed by atoms with Crippen LogP contribution in [0.5, 0.6) is 0 Å². The van der Waals surface area contributed by atoms with Crippen molar-refractivity contribution in [1.82, 2.24) is 14.8 Å². The topological polar surface area (TPSA) is 20.2 Å². The van der Waals surface area contributed by atoms with Gasteiger partial charge in [-0.25, -0.2) is 0 Å². The number of nitrogens with zero attached hydrogens (tertiary/aromatic N) is 2. The van der Waals surface area contributed by atoms with Crippen LogP contribution in [0, 0.1) is 0 Å². The Labute approximate surface area is 122 Å². The molecule has 0 aliphatic carbocycles. The van der Waals surface area contributed by atoms with Gasteiger partial charge >= 0.3 is 0 Å². The highest BCUT2D eigenvalue weighted by atomic mass is 79.9. The molecule has 3 nitrogen and oxygen atoms in total. The normalized spacial score (nSPS) is 17.2. The van der Waals surface area contributed by atoms with Gasteiger partial charge in [-0.2, -0.15) is 0 Å². The average Bonchev–Trinajstić information content (AvgIpc) is 2.74. The molecule has 1 aromatic heterocycles. The molecule has 0 unspecified atom stereocenters. The van der Waals surface area contributed by atoms with Crippen molar-refractivity contribution >= 4 is 26.8 Å². The summed E-state index contributed by atoms with van der Waals surface area (Å²) in [6, 6.07) is 6.56. The summed E-state index contributed by atoms with van der Waals surface area (Å²) in [4.78, 5) is 2.55. The number of fused-ring (bicyclic) bond motifs is 1. The van der Waals surface area contributed by atoms with Crippen LogP contribution in [0.3, 0.4) is 0 Å². The maximum atomic E-state index is 3.55. The molecule has 0 bridgehead atoms. The molecule has 1 saturated heterocycles. The predicted octanol–water partition coefficient (Wildman–Crippen LogP) is 2.39. The third-order valence-electron chi connectivity index (χ3n) is 3.94. The van der Waals surface area contributed by atoms with Crippen molar-refractivity contribution in [2.45, 2.75) is 6.42 Å². The summed E-state index contributed by atoms with van der Waals surface area (Å²) < 4.78 is 3.38. The fourth-order valence-corrected chi connectivity index (χ4v) is 3.20. The number of halogens is 1. The van der Waals surface area contributed by atoms with E-state index in [1.807, 2.05) is 0 Å². The van der Waals surface area contributed by atoms with Crippen LogP contribution in [0.2, 0.25) is 0 Å². The number of benzene rings is 1. The highest BCUT2D eigenvalue weighted by Gasteiger charge is 2.11. The van der Waals surface area contributed by atoms with Gasteiger partial charge in [0.1, 0.15) is 0 Å². The number of nitrogens with one attached hydrogen (secondary N) is 1. The molecule has 0 radical (unpaired) electrons. The highest BCUT2D eigenvalue weighted by molar-refractivity contribution is 9.10. The Hall–Kier alpha value is -0.840. The Morgan fingerprint density at radius 1 is 1.26 bits per heavy atom. The van der Waals surface area contributed by atoms with Crippen molar-refractivity contribution in [3.05, 3.63) is 34.4 Å². The molecule has 0 atom stereocenters. The summed E-state index contributed by atoms with van der Waals surface area (Å²) in [6.07, 6.45) is 3.41. The van der Waals surface area contributed by atoms with Crippen LogP contribution in [0.4, 0.5) is 0 Å². The molecule has 4 heteroatoms. The maximum Gasteiger partial charge on any atom is 0.0491 e. The third kappa shape index (κ3) is 2.86. The summed E-state index contributed by atoms with van der Waals surface area (Å²) in [7, 11) is 2.13. The number of rotatable bonds is 3. The number of piperazine rings is 1. The zero-order valence-corrected chi connectivity index (χ0v) is 12.9. The first kappa shape index (κ1) is 13.2. The second-order valence-electron chi connectivity index (χ2n) is 5.27. The van der Waals surface area contributed by atoms with Gasteiger partial charge < -0.3 is 14.8 Å². The second-order valence-corrected chi connectivity index (χ2v) is 6.18. The third-order valence-corrected chi connectivity index (χ3v) is 4.44. The lowest BCUT2D eigenvalue weighted by atomic mass is 10.1. The van der Waals surface area contributed by atoms with Gasteiger partial charge in [0.15, 0.2) is 0 Å². The molecule has 1 aromatic carbocycles. The van der Waals surface area contributed by atoms with Crippen molar-refractivity contribution in [3.63, 3.8) is 0 Å². The standard InChI is InChI=1S/C15H20BrN3/c1-18-11-12(4-7-19-8-5-17-6-9-19)14-3-2-13(16)10-15(14)18/h2-3,10-11,17H,4-9H2,1H3. The molecule has 0 spiro atoms. The van der Waals surface area contributed by atoms with Crippen LogP contribution in [0.25, 0.3) is 10.9 Å². The minimum absolute atomic E-state index is 1.13. The van der Waals surface area contributed by atoms with Crippen LogP contribution in [-0.2, 0) is 13.5 Å². The van der Waals surface area contributed by atoms with E-state index in [0.717, 1.165) is 30.5 Å². The van der Waals surface area contributed by atoms with E-state index in [9.17, 15) is 0 Å². The summed E-state index contributed by atoms with van der Waals surface area (Å²) in [5.74, 6) is 0. The molecule has 1 aliphatic rings. The van der Waals surface area contributed by atoms with Crippen LogP contribution >= 0.6 is 15.9 Å². The molecule has 0 amide bonds. The monoisotopic (exact) mass is 321 g/mol. The first-order valence-corrected chi connectivity index (χ1v) is 7.70. The van der Waals surface area contributed by atoms with Gasteiger partial charge in [0.25, 0.3) is 0 Å². The summed E-state index contributed by atoms with van der Waals surface area (Å²) in [5.41, 5.74) is 2.77. The Morgan fingerprint density at radius 2 is 2.05 bits per heavy atom. The highest BCUT2D eigenvalue weighted by Crippen LogP contribution is 2.24. The van der Waals surface area contributed by atoms with Gasteiger partial charge in [-0.3, -0.25) is 0 Å². The molecular weight excluding hydrogens is 302 g/mol. The molecule has 102 valence electrons. The molecule has 2 aromatic rings. The lowest BCUT2D eigenvalue weighted by Crippen LogP contribution is -2.44. The van der Waals surface area contributed by atoms with E-state index in [-0.39, 0.29) is 0 Å². The predicted molar refractivity (Wildman–Crippen MR) is 83.6 cm³/mol. The molecule has 1 N–H and O–H groups in total. The van der Waals surface area contributed by atoms with Gasteiger partial charge in [-0.15, -0.1) is 0 Å². The minimum atomic E-state index is 1.13. The van der Waals surface area contributed by atoms with Gasteiger partial charge in [-0.1, -0.05) is 22.0 Å².